The zero-order valence-electron chi connectivity index (χ0n) is 16.0. The Bertz CT molecular complexity index is 987. The zero-order chi connectivity index (χ0) is 20.6. The Hall–Kier alpha value is -3.49. The molecule has 0 saturated carbocycles. The van der Waals surface area contributed by atoms with Gasteiger partial charge in [-0.15, -0.1) is 0 Å². The average Bonchev–Trinajstić information content (AvgIpc) is 3.07. The predicted molar refractivity (Wildman–Crippen MR) is 106 cm³/mol. The van der Waals surface area contributed by atoms with Crippen molar-refractivity contribution in [1.29, 1.82) is 0 Å². The summed E-state index contributed by atoms with van der Waals surface area (Å²) in [6.45, 7) is 2.98. The van der Waals surface area contributed by atoms with Crippen LogP contribution in [-0.4, -0.2) is 46.2 Å². The van der Waals surface area contributed by atoms with Crippen LogP contribution in [0.5, 0.6) is 0 Å². The summed E-state index contributed by atoms with van der Waals surface area (Å²) < 4.78 is 20.0. The first-order chi connectivity index (χ1) is 14.1. The van der Waals surface area contributed by atoms with Crippen molar-refractivity contribution in [2.45, 2.75) is 19.9 Å². The highest BCUT2D eigenvalue weighted by Gasteiger charge is 2.14. The molecule has 152 valence electrons. The molecule has 3 rings (SSSR count). The Labute approximate surface area is 167 Å². The first kappa shape index (κ1) is 20.2. The van der Waals surface area contributed by atoms with Crippen molar-refractivity contribution in [3.63, 3.8) is 0 Å². The van der Waals surface area contributed by atoms with Crippen molar-refractivity contribution in [2.75, 3.05) is 19.7 Å². The van der Waals surface area contributed by atoms with Gasteiger partial charge in [-0.05, 0) is 43.3 Å². The van der Waals surface area contributed by atoms with Crippen LogP contribution in [-0.2, 0) is 16.1 Å². The van der Waals surface area contributed by atoms with Gasteiger partial charge in [0, 0.05) is 31.4 Å². The molecule has 2 amide bonds. The molecule has 0 aliphatic heterocycles. The molecule has 2 aromatic heterocycles. The maximum Gasteiger partial charge on any atom is 0.314 e. The second-order valence-corrected chi connectivity index (χ2v) is 6.18. The summed E-state index contributed by atoms with van der Waals surface area (Å²) >= 11 is 0. The number of imidazole rings is 1. The Morgan fingerprint density at radius 1 is 1.14 bits per heavy atom. The third kappa shape index (κ3) is 5.28. The second kappa shape index (κ2) is 9.63. The fourth-order valence-corrected chi connectivity index (χ4v) is 2.84. The number of rotatable bonds is 8. The van der Waals surface area contributed by atoms with Gasteiger partial charge in [-0.3, -0.25) is 4.79 Å². The van der Waals surface area contributed by atoms with Crippen LogP contribution in [0.2, 0.25) is 0 Å². The fourth-order valence-electron chi connectivity index (χ4n) is 2.84. The average molecular weight is 399 g/mol. The number of hydrogen-bond donors (Lipinski definition) is 2. The minimum Gasteiger partial charge on any atom is -0.466 e. The van der Waals surface area contributed by atoms with Crippen LogP contribution >= 0.6 is 0 Å². The van der Waals surface area contributed by atoms with Gasteiger partial charge in [0.05, 0.1) is 13.0 Å². The van der Waals surface area contributed by atoms with E-state index in [-0.39, 0.29) is 30.8 Å². The van der Waals surface area contributed by atoms with Crippen LogP contribution in [0.15, 0.2) is 42.6 Å². The van der Waals surface area contributed by atoms with E-state index in [4.69, 9.17) is 4.74 Å². The molecular formula is C20H22FN5O3. The van der Waals surface area contributed by atoms with E-state index in [0.717, 1.165) is 5.56 Å². The molecular weight excluding hydrogens is 377 g/mol. The van der Waals surface area contributed by atoms with Crippen LogP contribution < -0.4 is 10.6 Å². The highest BCUT2D eigenvalue weighted by molar-refractivity contribution is 5.77. The summed E-state index contributed by atoms with van der Waals surface area (Å²) in [7, 11) is 0. The van der Waals surface area contributed by atoms with E-state index in [0.29, 0.717) is 36.7 Å². The number of nitrogens with one attached hydrogen (secondary N) is 2. The number of carbonyl (C=O) groups is 2. The number of amides is 2. The Balaban J connectivity index is 1.63. The third-order valence-electron chi connectivity index (χ3n) is 4.15. The molecule has 0 aliphatic carbocycles. The number of nitrogens with zero attached hydrogens (tertiary/aromatic N) is 3. The molecule has 0 saturated heterocycles. The molecule has 2 N–H and O–H groups in total. The van der Waals surface area contributed by atoms with Gasteiger partial charge in [-0.2, -0.15) is 0 Å². The molecule has 0 unspecified atom stereocenters. The lowest BCUT2D eigenvalue weighted by Gasteiger charge is -2.11. The Kier molecular flexibility index (Phi) is 6.72. The summed E-state index contributed by atoms with van der Waals surface area (Å²) in [5.41, 5.74) is 2.14. The third-order valence-corrected chi connectivity index (χ3v) is 4.15. The number of hydrogen-bond acceptors (Lipinski definition) is 5. The van der Waals surface area contributed by atoms with Crippen LogP contribution in [0.3, 0.4) is 0 Å². The van der Waals surface area contributed by atoms with Crippen LogP contribution in [0, 0.1) is 5.82 Å². The first-order valence-corrected chi connectivity index (χ1v) is 9.33. The number of pyridine rings is 1. The van der Waals surface area contributed by atoms with Crippen molar-refractivity contribution in [3.05, 3.63) is 48.4 Å². The number of halogens is 1. The van der Waals surface area contributed by atoms with Gasteiger partial charge in [0.2, 0.25) is 0 Å². The number of carbonyl (C=O) groups excluding carboxylic acids is 2. The number of aromatic nitrogens is 3. The number of ether oxygens (including phenoxy) is 1. The van der Waals surface area contributed by atoms with Crippen molar-refractivity contribution in [1.82, 2.24) is 25.2 Å². The number of fused-ring (bicyclic) bond motifs is 1. The summed E-state index contributed by atoms with van der Waals surface area (Å²) in [5.74, 6) is -0.0355. The SMILES string of the molecule is CCOC(=O)CCNC(=O)NCCn1c(-c2ccc(F)cc2)nc2cccnc21. The van der Waals surface area contributed by atoms with Gasteiger partial charge < -0.3 is 19.9 Å². The quantitative estimate of drug-likeness (QED) is 0.567. The maximum atomic E-state index is 13.3. The monoisotopic (exact) mass is 399 g/mol. The van der Waals surface area contributed by atoms with E-state index in [1.54, 1.807) is 31.3 Å². The van der Waals surface area contributed by atoms with E-state index in [2.05, 4.69) is 20.6 Å². The Morgan fingerprint density at radius 3 is 2.66 bits per heavy atom. The molecule has 29 heavy (non-hydrogen) atoms. The van der Waals surface area contributed by atoms with E-state index >= 15 is 0 Å². The van der Waals surface area contributed by atoms with E-state index in [9.17, 15) is 14.0 Å². The Morgan fingerprint density at radius 2 is 1.90 bits per heavy atom. The molecule has 2 heterocycles. The maximum absolute atomic E-state index is 13.3. The molecule has 1 aromatic carbocycles. The summed E-state index contributed by atoms with van der Waals surface area (Å²) in [6.07, 6.45) is 1.79. The molecule has 0 aliphatic rings. The van der Waals surface area contributed by atoms with Crippen molar-refractivity contribution >= 4 is 23.2 Å². The van der Waals surface area contributed by atoms with E-state index < -0.39 is 0 Å². The van der Waals surface area contributed by atoms with Crippen molar-refractivity contribution < 1.29 is 18.7 Å². The standard InChI is InChI=1S/C20H22FN5O3/c1-2-29-17(27)9-11-23-20(28)24-12-13-26-18(14-5-7-15(21)8-6-14)25-16-4-3-10-22-19(16)26/h3-8,10H,2,9,11-13H2,1H3,(H2,23,24,28). The van der Waals surface area contributed by atoms with Crippen molar-refractivity contribution in [2.24, 2.45) is 0 Å². The zero-order valence-corrected chi connectivity index (χ0v) is 16.0. The van der Waals surface area contributed by atoms with Gasteiger partial charge in [-0.1, -0.05) is 0 Å². The molecule has 0 fully saturated rings. The number of urea groups is 1. The molecule has 0 atom stereocenters. The van der Waals surface area contributed by atoms with Gasteiger partial charge in [0.25, 0.3) is 0 Å². The van der Waals surface area contributed by atoms with Gasteiger partial charge in [0.15, 0.2) is 5.65 Å². The summed E-state index contributed by atoms with van der Waals surface area (Å²) in [4.78, 5) is 32.2. The lowest BCUT2D eigenvalue weighted by atomic mass is 10.2. The molecule has 9 heteroatoms. The lowest BCUT2D eigenvalue weighted by molar-refractivity contribution is -0.142. The highest BCUT2D eigenvalue weighted by Crippen LogP contribution is 2.23. The molecule has 0 spiro atoms. The minimum absolute atomic E-state index is 0.117. The number of esters is 1. The largest absolute Gasteiger partial charge is 0.466 e. The van der Waals surface area contributed by atoms with Gasteiger partial charge >= 0.3 is 12.0 Å². The normalized spacial score (nSPS) is 10.7. The fraction of sp³-hybridized carbons (Fsp3) is 0.300. The van der Waals surface area contributed by atoms with Crippen LogP contribution in [0.25, 0.3) is 22.6 Å². The summed E-state index contributed by atoms with van der Waals surface area (Å²) in [5, 5.41) is 5.35. The second-order valence-electron chi connectivity index (χ2n) is 6.18. The minimum atomic E-state index is -0.380. The molecule has 8 nitrogen and oxygen atoms in total. The van der Waals surface area contributed by atoms with Crippen LogP contribution in [0.4, 0.5) is 9.18 Å². The van der Waals surface area contributed by atoms with E-state index in [1.807, 2.05) is 10.6 Å². The van der Waals surface area contributed by atoms with E-state index in [1.165, 1.54) is 12.1 Å². The summed E-state index contributed by atoms with van der Waals surface area (Å²) in [6, 6.07) is 9.33. The smallest absolute Gasteiger partial charge is 0.314 e. The van der Waals surface area contributed by atoms with Crippen molar-refractivity contribution in [3.8, 4) is 11.4 Å². The first-order valence-electron chi connectivity index (χ1n) is 9.33. The lowest BCUT2D eigenvalue weighted by Crippen LogP contribution is -2.38. The molecule has 0 bridgehead atoms. The molecule has 0 radical (unpaired) electrons. The number of benzene rings is 1. The van der Waals surface area contributed by atoms with Gasteiger partial charge in [0.1, 0.15) is 17.2 Å². The molecule has 3 aromatic rings. The topological polar surface area (TPSA) is 98.1 Å². The highest BCUT2D eigenvalue weighted by atomic mass is 19.1. The predicted octanol–water partition coefficient (Wildman–Crippen LogP) is 2.49. The van der Waals surface area contributed by atoms with Gasteiger partial charge in [-0.25, -0.2) is 19.2 Å². The van der Waals surface area contributed by atoms with Crippen LogP contribution in [0.1, 0.15) is 13.3 Å².